The van der Waals surface area contributed by atoms with E-state index in [0.717, 1.165) is 16.9 Å². The Morgan fingerprint density at radius 2 is 2.00 bits per heavy atom. The quantitative estimate of drug-likeness (QED) is 0.746. The maximum atomic E-state index is 12.0. The van der Waals surface area contributed by atoms with E-state index >= 15 is 0 Å². The Morgan fingerprint density at radius 3 is 2.52 bits per heavy atom. The molecule has 1 aromatic heterocycles. The maximum absolute atomic E-state index is 12.0. The van der Waals surface area contributed by atoms with Gasteiger partial charge in [-0.2, -0.15) is 13.0 Å². The van der Waals surface area contributed by atoms with E-state index in [1.165, 1.54) is 6.20 Å². The molecule has 0 radical (unpaired) electrons. The van der Waals surface area contributed by atoms with E-state index in [1.54, 1.807) is 20.8 Å². The molecule has 0 aromatic carbocycles. The van der Waals surface area contributed by atoms with Gasteiger partial charge in [0.2, 0.25) is 0 Å². The summed E-state index contributed by atoms with van der Waals surface area (Å²) in [4.78, 5) is 27.7. The van der Waals surface area contributed by atoms with Gasteiger partial charge in [0.25, 0.3) is 15.7 Å². The van der Waals surface area contributed by atoms with Crippen molar-refractivity contribution in [2.75, 3.05) is 12.9 Å². The number of carbonyl (C=O) groups is 1. The standard InChI is InChI=1S/C12H18N2O6S/c1-12(2,3)20-11(16)14-9(13-7-5-10(14)15)6-8-19-21(4,17)18/h5,7H,6,8H2,1-4H3. The molecule has 0 amide bonds. The molecule has 118 valence electrons. The topological polar surface area (TPSA) is 105 Å². The molecule has 0 unspecified atom stereocenters. The van der Waals surface area contributed by atoms with Crippen LogP contribution >= 0.6 is 0 Å². The van der Waals surface area contributed by atoms with Crippen LogP contribution in [0.15, 0.2) is 17.1 Å². The molecule has 1 aromatic rings. The van der Waals surface area contributed by atoms with Gasteiger partial charge in [-0.15, -0.1) is 0 Å². The Morgan fingerprint density at radius 1 is 1.38 bits per heavy atom. The lowest BCUT2D eigenvalue weighted by Gasteiger charge is -2.20. The van der Waals surface area contributed by atoms with Gasteiger partial charge in [-0.05, 0) is 20.8 Å². The van der Waals surface area contributed by atoms with Crippen LogP contribution < -0.4 is 5.56 Å². The second-order valence-corrected chi connectivity index (χ2v) is 6.94. The lowest BCUT2D eigenvalue weighted by Crippen LogP contribution is -2.36. The molecule has 1 heterocycles. The number of carbonyl (C=O) groups excluding carboxylic acids is 1. The molecule has 1 rings (SSSR count). The number of hydrogen-bond donors (Lipinski definition) is 0. The highest BCUT2D eigenvalue weighted by Gasteiger charge is 2.21. The third-order valence-corrected chi connectivity index (χ3v) is 2.71. The number of aromatic nitrogens is 2. The fourth-order valence-corrected chi connectivity index (χ4v) is 1.80. The van der Waals surface area contributed by atoms with Gasteiger partial charge in [0.05, 0.1) is 12.9 Å². The first-order chi connectivity index (χ1) is 9.49. The first kappa shape index (κ1) is 17.3. The maximum Gasteiger partial charge on any atom is 0.422 e. The van der Waals surface area contributed by atoms with Crippen molar-refractivity contribution < 1.29 is 22.1 Å². The van der Waals surface area contributed by atoms with Gasteiger partial charge in [-0.1, -0.05) is 0 Å². The molecule has 0 saturated heterocycles. The molecule has 0 spiro atoms. The van der Waals surface area contributed by atoms with Crippen molar-refractivity contribution in [3.8, 4) is 0 Å². The first-order valence-corrected chi connectivity index (χ1v) is 7.96. The second-order valence-electron chi connectivity index (χ2n) is 5.29. The fourth-order valence-electron chi connectivity index (χ4n) is 1.41. The molecular formula is C12H18N2O6S. The van der Waals surface area contributed by atoms with Crippen molar-refractivity contribution in [1.82, 2.24) is 9.55 Å². The Balaban J connectivity index is 2.98. The van der Waals surface area contributed by atoms with E-state index in [1.807, 2.05) is 0 Å². The van der Waals surface area contributed by atoms with E-state index in [0.29, 0.717) is 0 Å². The van der Waals surface area contributed by atoms with Crippen LogP contribution in [0.25, 0.3) is 0 Å². The summed E-state index contributed by atoms with van der Waals surface area (Å²) in [5.74, 6) is 0.0698. The second kappa shape index (κ2) is 6.35. The average molecular weight is 318 g/mol. The largest absolute Gasteiger partial charge is 0.443 e. The van der Waals surface area contributed by atoms with Crippen LogP contribution in [0.5, 0.6) is 0 Å². The van der Waals surface area contributed by atoms with E-state index < -0.39 is 27.4 Å². The van der Waals surface area contributed by atoms with Crippen molar-refractivity contribution in [3.05, 3.63) is 28.4 Å². The third-order valence-electron chi connectivity index (χ3n) is 2.12. The van der Waals surface area contributed by atoms with E-state index in [9.17, 15) is 18.0 Å². The van der Waals surface area contributed by atoms with Crippen LogP contribution in [0.2, 0.25) is 0 Å². The van der Waals surface area contributed by atoms with Gasteiger partial charge in [0.15, 0.2) is 0 Å². The number of ether oxygens (including phenoxy) is 1. The van der Waals surface area contributed by atoms with Crippen molar-refractivity contribution in [2.45, 2.75) is 32.8 Å². The van der Waals surface area contributed by atoms with Crippen LogP contribution in [-0.4, -0.2) is 42.5 Å². The highest BCUT2D eigenvalue weighted by molar-refractivity contribution is 7.85. The third kappa shape index (κ3) is 6.05. The van der Waals surface area contributed by atoms with Crippen molar-refractivity contribution in [1.29, 1.82) is 0 Å². The Bertz CT molecular complexity index is 672. The minimum atomic E-state index is -3.60. The van der Waals surface area contributed by atoms with Crippen LogP contribution in [0.3, 0.4) is 0 Å². The number of nitrogens with zero attached hydrogens (tertiary/aromatic N) is 2. The highest BCUT2D eigenvalue weighted by Crippen LogP contribution is 2.09. The summed E-state index contributed by atoms with van der Waals surface area (Å²) < 4.78 is 32.2. The predicted octanol–water partition coefficient (Wildman–Crippen LogP) is 0.545. The summed E-state index contributed by atoms with van der Waals surface area (Å²) in [5, 5.41) is 0. The summed E-state index contributed by atoms with van der Waals surface area (Å²) in [5.41, 5.74) is -1.37. The van der Waals surface area contributed by atoms with Crippen LogP contribution in [0.4, 0.5) is 4.79 Å². The van der Waals surface area contributed by atoms with Crippen molar-refractivity contribution in [2.24, 2.45) is 0 Å². The van der Waals surface area contributed by atoms with Crippen LogP contribution in [-0.2, 0) is 25.5 Å². The van der Waals surface area contributed by atoms with Crippen LogP contribution in [0.1, 0.15) is 26.6 Å². The highest BCUT2D eigenvalue weighted by atomic mass is 32.2. The zero-order chi connectivity index (χ0) is 16.3. The van der Waals surface area contributed by atoms with Gasteiger partial charge in [-0.25, -0.2) is 9.78 Å². The zero-order valence-corrected chi connectivity index (χ0v) is 13.1. The van der Waals surface area contributed by atoms with Crippen LogP contribution in [0, 0.1) is 0 Å². The van der Waals surface area contributed by atoms with E-state index in [-0.39, 0.29) is 18.9 Å². The monoisotopic (exact) mass is 318 g/mol. The molecule has 21 heavy (non-hydrogen) atoms. The molecular weight excluding hydrogens is 300 g/mol. The Hall–Kier alpha value is -1.74. The first-order valence-electron chi connectivity index (χ1n) is 6.14. The lowest BCUT2D eigenvalue weighted by atomic mass is 10.2. The van der Waals surface area contributed by atoms with Gasteiger partial charge in [0, 0.05) is 18.7 Å². The predicted molar refractivity (Wildman–Crippen MR) is 74.6 cm³/mol. The molecule has 0 aliphatic heterocycles. The molecule has 9 heteroatoms. The smallest absolute Gasteiger partial charge is 0.422 e. The Kier molecular flexibility index (Phi) is 5.24. The normalized spacial score (nSPS) is 12.2. The van der Waals surface area contributed by atoms with E-state index in [2.05, 4.69) is 9.17 Å². The molecule has 0 aliphatic rings. The average Bonchev–Trinajstić information content (AvgIpc) is 2.24. The molecule has 0 saturated carbocycles. The SMILES string of the molecule is CC(C)(C)OC(=O)n1c(CCOS(C)(=O)=O)nccc1=O. The molecule has 0 bridgehead atoms. The van der Waals surface area contributed by atoms with Gasteiger partial charge >= 0.3 is 6.09 Å². The van der Waals surface area contributed by atoms with Gasteiger partial charge in [-0.3, -0.25) is 8.98 Å². The van der Waals surface area contributed by atoms with Crippen molar-refractivity contribution >= 4 is 16.2 Å². The molecule has 0 fully saturated rings. The number of rotatable bonds is 4. The summed E-state index contributed by atoms with van der Waals surface area (Å²) in [7, 11) is -3.60. The summed E-state index contributed by atoms with van der Waals surface area (Å²) in [6.07, 6.45) is 1.25. The summed E-state index contributed by atoms with van der Waals surface area (Å²) in [6.45, 7) is 4.77. The molecule has 8 nitrogen and oxygen atoms in total. The summed E-state index contributed by atoms with van der Waals surface area (Å²) >= 11 is 0. The molecule has 0 N–H and O–H groups in total. The minimum Gasteiger partial charge on any atom is -0.443 e. The molecule has 0 atom stereocenters. The van der Waals surface area contributed by atoms with Gasteiger partial charge < -0.3 is 4.74 Å². The van der Waals surface area contributed by atoms with E-state index in [4.69, 9.17) is 4.74 Å². The Labute approximate surface area is 122 Å². The summed E-state index contributed by atoms with van der Waals surface area (Å²) in [6, 6.07) is 1.12. The fraction of sp³-hybridized carbons (Fsp3) is 0.583. The minimum absolute atomic E-state index is 0.0254. The lowest BCUT2D eigenvalue weighted by molar-refractivity contribution is 0.0523. The zero-order valence-electron chi connectivity index (χ0n) is 12.3. The van der Waals surface area contributed by atoms with Gasteiger partial charge in [0.1, 0.15) is 11.4 Å². The molecule has 0 aliphatic carbocycles. The number of hydrogen-bond acceptors (Lipinski definition) is 7. The van der Waals surface area contributed by atoms with Crippen molar-refractivity contribution in [3.63, 3.8) is 0 Å².